The van der Waals surface area contributed by atoms with E-state index in [0.717, 1.165) is 22.9 Å². The molecule has 0 aliphatic carbocycles. The molecule has 4 nitrogen and oxygen atoms in total. The number of anilines is 1. The first-order valence-electron chi connectivity index (χ1n) is 7.86. The Hall–Kier alpha value is -2.40. The first-order valence-corrected chi connectivity index (χ1v) is 8.24. The Kier molecular flexibility index (Phi) is 6.15. The van der Waals surface area contributed by atoms with Gasteiger partial charge in [-0.25, -0.2) is 4.39 Å². The zero-order valence-electron chi connectivity index (χ0n) is 14.4. The van der Waals surface area contributed by atoms with Crippen LogP contribution in [-0.4, -0.2) is 25.4 Å². The van der Waals surface area contributed by atoms with E-state index in [1.807, 2.05) is 32.0 Å². The van der Waals surface area contributed by atoms with Crippen molar-refractivity contribution in [1.29, 1.82) is 0 Å². The predicted molar refractivity (Wildman–Crippen MR) is 97.7 cm³/mol. The zero-order valence-corrected chi connectivity index (χ0v) is 15.2. The fourth-order valence-corrected chi connectivity index (χ4v) is 2.69. The lowest BCUT2D eigenvalue weighted by Crippen LogP contribution is -2.32. The van der Waals surface area contributed by atoms with E-state index >= 15 is 0 Å². The van der Waals surface area contributed by atoms with E-state index in [2.05, 4.69) is 5.32 Å². The van der Waals surface area contributed by atoms with Crippen LogP contribution in [0.3, 0.4) is 0 Å². The summed E-state index contributed by atoms with van der Waals surface area (Å²) in [5, 5.41) is 2.67. The molecule has 2 aromatic carbocycles. The SMILES string of the molecule is Cc1ccc(C)c(N(C)C(=O)CCNC(=O)c2ccc(F)cc2Cl)c1. The van der Waals surface area contributed by atoms with Gasteiger partial charge in [-0.1, -0.05) is 23.7 Å². The zero-order chi connectivity index (χ0) is 18.6. The van der Waals surface area contributed by atoms with E-state index in [4.69, 9.17) is 11.6 Å². The normalized spacial score (nSPS) is 10.4. The van der Waals surface area contributed by atoms with Gasteiger partial charge in [0.2, 0.25) is 5.91 Å². The van der Waals surface area contributed by atoms with Gasteiger partial charge in [-0.3, -0.25) is 9.59 Å². The van der Waals surface area contributed by atoms with Crippen LogP contribution in [0.15, 0.2) is 36.4 Å². The average molecular weight is 363 g/mol. The Balaban J connectivity index is 1.93. The van der Waals surface area contributed by atoms with Gasteiger partial charge in [-0.2, -0.15) is 0 Å². The van der Waals surface area contributed by atoms with Gasteiger partial charge in [0.1, 0.15) is 5.82 Å². The quantitative estimate of drug-likeness (QED) is 0.877. The van der Waals surface area contributed by atoms with Crippen LogP contribution in [0.5, 0.6) is 0 Å². The monoisotopic (exact) mass is 362 g/mol. The minimum Gasteiger partial charge on any atom is -0.351 e. The molecule has 0 aliphatic heterocycles. The molecule has 25 heavy (non-hydrogen) atoms. The summed E-state index contributed by atoms with van der Waals surface area (Å²) in [5.41, 5.74) is 3.10. The lowest BCUT2D eigenvalue weighted by Gasteiger charge is -2.20. The van der Waals surface area contributed by atoms with Gasteiger partial charge in [0.05, 0.1) is 10.6 Å². The number of amides is 2. The summed E-state index contributed by atoms with van der Waals surface area (Å²) in [4.78, 5) is 26.0. The van der Waals surface area contributed by atoms with Crippen LogP contribution < -0.4 is 10.2 Å². The first-order chi connectivity index (χ1) is 11.8. The molecule has 132 valence electrons. The van der Waals surface area contributed by atoms with Gasteiger partial charge >= 0.3 is 0 Å². The van der Waals surface area contributed by atoms with E-state index in [9.17, 15) is 14.0 Å². The highest BCUT2D eigenvalue weighted by Crippen LogP contribution is 2.21. The number of hydrogen-bond acceptors (Lipinski definition) is 2. The minimum absolute atomic E-state index is 0.0383. The number of benzene rings is 2. The van der Waals surface area contributed by atoms with E-state index in [0.29, 0.717) is 0 Å². The molecule has 0 saturated heterocycles. The van der Waals surface area contributed by atoms with Crippen LogP contribution in [0.4, 0.5) is 10.1 Å². The second-order valence-corrected chi connectivity index (χ2v) is 6.28. The summed E-state index contributed by atoms with van der Waals surface area (Å²) in [5.74, 6) is -1.06. The molecule has 0 bridgehead atoms. The third-order valence-electron chi connectivity index (χ3n) is 3.90. The van der Waals surface area contributed by atoms with Crippen LogP contribution >= 0.6 is 11.6 Å². The number of aryl methyl sites for hydroxylation is 2. The molecular formula is C19H20ClFN2O2. The smallest absolute Gasteiger partial charge is 0.252 e. The van der Waals surface area contributed by atoms with Gasteiger partial charge in [0.25, 0.3) is 5.91 Å². The van der Waals surface area contributed by atoms with Gasteiger partial charge in [0, 0.05) is 25.7 Å². The van der Waals surface area contributed by atoms with E-state index in [-0.39, 0.29) is 29.5 Å². The van der Waals surface area contributed by atoms with Crippen LogP contribution in [0.2, 0.25) is 5.02 Å². The second-order valence-electron chi connectivity index (χ2n) is 5.87. The lowest BCUT2D eigenvalue weighted by atomic mass is 10.1. The van der Waals surface area contributed by atoms with Gasteiger partial charge in [-0.05, 0) is 49.2 Å². The number of hydrogen-bond donors (Lipinski definition) is 1. The fourth-order valence-electron chi connectivity index (χ4n) is 2.43. The van der Waals surface area contributed by atoms with Crippen LogP contribution in [0.1, 0.15) is 27.9 Å². The Morgan fingerprint density at radius 1 is 1.16 bits per heavy atom. The Morgan fingerprint density at radius 3 is 2.56 bits per heavy atom. The van der Waals surface area contributed by atoms with Crippen LogP contribution in [0, 0.1) is 19.7 Å². The summed E-state index contributed by atoms with van der Waals surface area (Å²) >= 11 is 5.85. The highest BCUT2D eigenvalue weighted by Gasteiger charge is 2.15. The van der Waals surface area contributed by atoms with Crippen LogP contribution in [-0.2, 0) is 4.79 Å². The average Bonchev–Trinajstić information content (AvgIpc) is 2.56. The molecule has 1 N–H and O–H groups in total. The lowest BCUT2D eigenvalue weighted by molar-refractivity contribution is -0.118. The van der Waals surface area contributed by atoms with Crippen molar-refractivity contribution in [3.63, 3.8) is 0 Å². The van der Waals surface area contributed by atoms with Crippen molar-refractivity contribution >= 4 is 29.1 Å². The summed E-state index contributed by atoms with van der Waals surface area (Å²) in [7, 11) is 1.71. The molecule has 0 aliphatic rings. The number of carbonyl (C=O) groups is 2. The van der Waals surface area contributed by atoms with Crippen molar-refractivity contribution < 1.29 is 14.0 Å². The molecule has 6 heteroatoms. The van der Waals surface area contributed by atoms with E-state index in [1.54, 1.807) is 11.9 Å². The van der Waals surface area contributed by atoms with E-state index < -0.39 is 11.7 Å². The Morgan fingerprint density at radius 2 is 1.88 bits per heavy atom. The third-order valence-corrected chi connectivity index (χ3v) is 4.21. The maximum Gasteiger partial charge on any atom is 0.252 e. The number of halogens is 2. The maximum absolute atomic E-state index is 13.0. The molecular weight excluding hydrogens is 343 g/mol. The van der Waals surface area contributed by atoms with Gasteiger partial charge in [0.15, 0.2) is 0 Å². The fraction of sp³-hybridized carbons (Fsp3) is 0.263. The summed E-state index contributed by atoms with van der Waals surface area (Å²) in [6.07, 6.45) is 0.147. The van der Waals surface area contributed by atoms with Gasteiger partial charge in [-0.15, -0.1) is 0 Å². The minimum atomic E-state index is -0.508. The van der Waals surface area contributed by atoms with Crippen molar-refractivity contribution in [2.24, 2.45) is 0 Å². The van der Waals surface area contributed by atoms with Crippen molar-refractivity contribution in [3.8, 4) is 0 Å². The first kappa shape index (κ1) is 18.9. The number of nitrogens with zero attached hydrogens (tertiary/aromatic N) is 1. The molecule has 0 radical (unpaired) electrons. The third kappa shape index (κ3) is 4.79. The van der Waals surface area contributed by atoms with Crippen molar-refractivity contribution in [1.82, 2.24) is 5.32 Å². The standard InChI is InChI=1S/C19H20ClFN2O2/c1-12-4-5-13(2)17(10-12)23(3)18(24)8-9-22-19(25)15-7-6-14(21)11-16(15)20/h4-7,10-11H,8-9H2,1-3H3,(H,22,25). The molecule has 2 rings (SSSR count). The van der Waals surface area contributed by atoms with Crippen molar-refractivity contribution in [2.45, 2.75) is 20.3 Å². The molecule has 0 saturated carbocycles. The largest absolute Gasteiger partial charge is 0.351 e. The molecule has 0 fully saturated rings. The van der Waals surface area contributed by atoms with Crippen LogP contribution in [0.25, 0.3) is 0 Å². The Labute approximate surface area is 151 Å². The summed E-state index contributed by atoms with van der Waals surface area (Å²) < 4.78 is 13.0. The maximum atomic E-state index is 13.0. The number of carbonyl (C=O) groups excluding carboxylic acids is 2. The molecule has 0 atom stereocenters. The molecule has 2 aromatic rings. The molecule has 0 heterocycles. The summed E-state index contributed by atoms with van der Waals surface area (Å²) in [6, 6.07) is 9.47. The molecule has 0 aromatic heterocycles. The molecule has 2 amide bonds. The highest BCUT2D eigenvalue weighted by atomic mass is 35.5. The van der Waals surface area contributed by atoms with E-state index in [1.165, 1.54) is 12.1 Å². The topological polar surface area (TPSA) is 49.4 Å². The Bertz CT molecular complexity index is 808. The predicted octanol–water partition coefficient (Wildman–Crippen LogP) is 3.88. The van der Waals surface area contributed by atoms with Crippen molar-refractivity contribution in [2.75, 3.05) is 18.5 Å². The number of rotatable bonds is 5. The number of nitrogens with one attached hydrogen (secondary N) is 1. The summed E-state index contributed by atoms with van der Waals surface area (Å²) in [6.45, 7) is 4.07. The second kappa shape index (κ2) is 8.12. The van der Waals surface area contributed by atoms with Gasteiger partial charge < -0.3 is 10.2 Å². The molecule has 0 spiro atoms. The highest BCUT2D eigenvalue weighted by molar-refractivity contribution is 6.33. The molecule has 0 unspecified atom stereocenters. The van der Waals surface area contributed by atoms with Crippen molar-refractivity contribution in [3.05, 3.63) is 63.9 Å².